The number of benzene rings is 1. The second kappa shape index (κ2) is 6.96. The van der Waals surface area contributed by atoms with Gasteiger partial charge in [-0.3, -0.25) is 10.1 Å². The molecule has 0 fully saturated rings. The van der Waals surface area contributed by atoms with Gasteiger partial charge < -0.3 is 9.64 Å². The summed E-state index contributed by atoms with van der Waals surface area (Å²) in [6, 6.07) is 4.91. The summed E-state index contributed by atoms with van der Waals surface area (Å²) in [7, 11) is 1.56. The zero-order valence-corrected chi connectivity index (χ0v) is 13.8. The van der Waals surface area contributed by atoms with Crippen molar-refractivity contribution in [3.05, 3.63) is 51.7 Å². The lowest BCUT2D eigenvalue weighted by molar-refractivity contribution is -0.385. The van der Waals surface area contributed by atoms with Crippen molar-refractivity contribution in [3.8, 4) is 11.6 Å². The molecule has 0 aliphatic heterocycles. The van der Waals surface area contributed by atoms with Crippen molar-refractivity contribution >= 4 is 11.4 Å². The van der Waals surface area contributed by atoms with Gasteiger partial charge in [-0.1, -0.05) is 0 Å². The summed E-state index contributed by atoms with van der Waals surface area (Å²) in [6.45, 7) is 3.65. The number of pyridine rings is 1. The first kappa shape index (κ1) is 18.5. The quantitative estimate of drug-likeness (QED) is 0.581. The molecule has 1 aromatic heterocycles. The van der Waals surface area contributed by atoms with Gasteiger partial charge in [-0.15, -0.1) is 0 Å². The standard InChI is InChI=1S/C16H16F3N3O3/c1-4-21(3)13-6-5-11(8-12(13)16(17,18)19)25-15-7-10(2)14(9-20-15)22(23)24/h5-9H,4H2,1-3H3. The molecule has 0 spiro atoms. The molecule has 0 radical (unpaired) electrons. The fraction of sp³-hybridized carbons (Fsp3) is 0.312. The first-order valence-corrected chi connectivity index (χ1v) is 7.34. The van der Waals surface area contributed by atoms with E-state index in [4.69, 9.17) is 4.74 Å². The van der Waals surface area contributed by atoms with E-state index in [0.29, 0.717) is 12.1 Å². The number of aryl methyl sites for hydroxylation is 1. The lowest BCUT2D eigenvalue weighted by atomic mass is 10.1. The Morgan fingerprint density at radius 3 is 2.52 bits per heavy atom. The number of ether oxygens (including phenoxy) is 1. The molecule has 6 nitrogen and oxygen atoms in total. The number of nitro groups is 1. The summed E-state index contributed by atoms with van der Waals surface area (Å²) in [5, 5.41) is 10.8. The first-order chi connectivity index (χ1) is 11.6. The fourth-order valence-electron chi connectivity index (χ4n) is 2.20. The van der Waals surface area contributed by atoms with E-state index in [1.54, 1.807) is 14.0 Å². The molecule has 0 atom stereocenters. The Bertz CT molecular complexity index is 794. The van der Waals surface area contributed by atoms with Crippen molar-refractivity contribution in [2.75, 3.05) is 18.5 Å². The molecule has 9 heteroatoms. The summed E-state index contributed by atoms with van der Waals surface area (Å²) >= 11 is 0. The van der Waals surface area contributed by atoms with Crippen LogP contribution in [-0.2, 0) is 6.18 Å². The lowest BCUT2D eigenvalue weighted by Crippen LogP contribution is -2.20. The van der Waals surface area contributed by atoms with Crippen molar-refractivity contribution in [1.29, 1.82) is 0 Å². The maximum absolute atomic E-state index is 13.3. The molecule has 0 amide bonds. The van der Waals surface area contributed by atoms with Crippen LogP contribution >= 0.6 is 0 Å². The molecule has 0 saturated heterocycles. The van der Waals surface area contributed by atoms with Crippen molar-refractivity contribution in [1.82, 2.24) is 4.98 Å². The first-order valence-electron chi connectivity index (χ1n) is 7.34. The number of nitrogens with zero attached hydrogens (tertiary/aromatic N) is 3. The summed E-state index contributed by atoms with van der Waals surface area (Å²) in [5.41, 5.74) is -0.681. The molecule has 0 aliphatic carbocycles. The van der Waals surface area contributed by atoms with Crippen LogP contribution in [0.1, 0.15) is 18.1 Å². The molecule has 2 aromatic rings. The smallest absolute Gasteiger partial charge is 0.418 e. The SMILES string of the molecule is CCN(C)c1ccc(Oc2cc(C)c([N+](=O)[O-])cn2)cc1C(F)(F)F. The number of alkyl halides is 3. The molecule has 0 unspecified atom stereocenters. The summed E-state index contributed by atoms with van der Waals surface area (Å²) in [4.78, 5) is 15.4. The zero-order valence-electron chi connectivity index (χ0n) is 13.8. The van der Waals surface area contributed by atoms with Crippen LogP contribution in [0.15, 0.2) is 30.5 Å². The molecule has 0 saturated carbocycles. The van der Waals surface area contributed by atoms with Crippen LogP contribution in [0.3, 0.4) is 0 Å². The van der Waals surface area contributed by atoms with Gasteiger partial charge in [0.05, 0.1) is 10.5 Å². The van der Waals surface area contributed by atoms with Gasteiger partial charge in [0, 0.05) is 30.9 Å². The number of halogens is 3. The van der Waals surface area contributed by atoms with E-state index in [-0.39, 0.29) is 23.0 Å². The van der Waals surface area contributed by atoms with Gasteiger partial charge in [0.1, 0.15) is 11.9 Å². The molecule has 0 N–H and O–H groups in total. The second-order valence-electron chi connectivity index (χ2n) is 5.36. The van der Waals surface area contributed by atoms with E-state index in [1.807, 2.05) is 0 Å². The van der Waals surface area contributed by atoms with Crippen molar-refractivity contribution < 1.29 is 22.8 Å². The zero-order chi connectivity index (χ0) is 18.8. The average Bonchev–Trinajstić information content (AvgIpc) is 2.53. The number of aromatic nitrogens is 1. The Balaban J connectivity index is 2.38. The normalized spacial score (nSPS) is 11.3. The fourth-order valence-corrected chi connectivity index (χ4v) is 2.20. The topological polar surface area (TPSA) is 68.5 Å². The van der Waals surface area contributed by atoms with Crippen LogP contribution in [0, 0.1) is 17.0 Å². The van der Waals surface area contributed by atoms with Gasteiger partial charge in [-0.05, 0) is 32.0 Å². The van der Waals surface area contributed by atoms with E-state index in [1.165, 1.54) is 30.0 Å². The van der Waals surface area contributed by atoms with Crippen LogP contribution in [0.25, 0.3) is 0 Å². The van der Waals surface area contributed by atoms with Gasteiger partial charge in [0.15, 0.2) is 0 Å². The van der Waals surface area contributed by atoms with E-state index < -0.39 is 16.7 Å². The number of hydrogen-bond acceptors (Lipinski definition) is 5. The van der Waals surface area contributed by atoms with Crippen LogP contribution < -0.4 is 9.64 Å². The third-order valence-electron chi connectivity index (χ3n) is 3.64. The maximum Gasteiger partial charge on any atom is 0.418 e. The monoisotopic (exact) mass is 355 g/mol. The largest absolute Gasteiger partial charge is 0.439 e. The molecule has 1 aromatic carbocycles. The third-order valence-corrected chi connectivity index (χ3v) is 3.64. The van der Waals surface area contributed by atoms with Crippen LogP contribution in [0.4, 0.5) is 24.5 Å². The molecule has 0 aliphatic rings. The summed E-state index contributed by atoms with van der Waals surface area (Å²) in [5.74, 6) is -0.0749. The molecule has 1 heterocycles. The van der Waals surface area contributed by atoms with Crippen molar-refractivity contribution in [3.63, 3.8) is 0 Å². The minimum absolute atomic E-state index is 0.0205. The minimum atomic E-state index is -4.54. The Labute approximate surface area is 142 Å². The van der Waals surface area contributed by atoms with Gasteiger partial charge in [-0.25, -0.2) is 4.98 Å². The molecular formula is C16H16F3N3O3. The molecular weight excluding hydrogens is 339 g/mol. The van der Waals surface area contributed by atoms with Gasteiger partial charge in [0.2, 0.25) is 5.88 Å². The van der Waals surface area contributed by atoms with E-state index in [9.17, 15) is 23.3 Å². The molecule has 25 heavy (non-hydrogen) atoms. The van der Waals surface area contributed by atoms with Crippen molar-refractivity contribution in [2.45, 2.75) is 20.0 Å². The third kappa shape index (κ3) is 4.17. The molecule has 2 rings (SSSR count). The lowest BCUT2D eigenvalue weighted by Gasteiger charge is -2.22. The van der Waals surface area contributed by atoms with Crippen LogP contribution in [-0.4, -0.2) is 23.5 Å². The van der Waals surface area contributed by atoms with E-state index in [2.05, 4.69) is 4.98 Å². The second-order valence-corrected chi connectivity index (χ2v) is 5.36. The van der Waals surface area contributed by atoms with E-state index >= 15 is 0 Å². The predicted molar refractivity (Wildman–Crippen MR) is 86.1 cm³/mol. The number of anilines is 1. The molecule has 134 valence electrons. The Morgan fingerprint density at radius 2 is 2.00 bits per heavy atom. The minimum Gasteiger partial charge on any atom is -0.439 e. The maximum atomic E-state index is 13.3. The Hall–Kier alpha value is -2.84. The highest BCUT2D eigenvalue weighted by molar-refractivity contribution is 5.57. The van der Waals surface area contributed by atoms with Gasteiger partial charge in [-0.2, -0.15) is 13.2 Å². The highest BCUT2D eigenvalue weighted by Gasteiger charge is 2.35. The van der Waals surface area contributed by atoms with Crippen LogP contribution in [0.5, 0.6) is 11.6 Å². The van der Waals surface area contributed by atoms with Crippen molar-refractivity contribution in [2.24, 2.45) is 0 Å². The number of rotatable bonds is 5. The number of hydrogen-bond donors (Lipinski definition) is 0. The van der Waals surface area contributed by atoms with Crippen LogP contribution in [0.2, 0.25) is 0 Å². The van der Waals surface area contributed by atoms with E-state index in [0.717, 1.165) is 12.3 Å². The highest BCUT2D eigenvalue weighted by Crippen LogP contribution is 2.39. The average molecular weight is 355 g/mol. The predicted octanol–water partition coefficient (Wildman–Crippen LogP) is 4.57. The highest BCUT2D eigenvalue weighted by atomic mass is 19.4. The molecule has 0 bridgehead atoms. The van der Waals surface area contributed by atoms with Gasteiger partial charge >= 0.3 is 6.18 Å². The van der Waals surface area contributed by atoms with Gasteiger partial charge in [0.25, 0.3) is 5.69 Å². The Kier molecular flexibility index (Phi) is 5.15. The summed E-state index contributed by atoms with van der Waals surface area (Å²) in [6.07, 6.45) is -3.54. The Morgan fingerprint density at radius 1 is 1.32 bits per heavy atom. The summed E-state index contributed by atoms with van der Waals surface area (Å²) < 4.78 is 45.2.